The Morgan fingerprint density at radius 3 is 2.10 bits per heavy atom. The van der Waals surface area contributed by atoms with E-state index in [1.165, 1.54) is 46.2 Å². The van der Waals surface area contributed by atoms with Crippen molar-refractivity contribution in [3.05, 3.63) is 103 Å². The molecule has 0 radical (unpaired) electrons. The quantitative estimate of drug-likeness (QED) is 0.162. The van der Waals surface area contributed by atoms with Crippen LogP contribution in [0.5, 0.6) is 5.75 Å². The fourth-order valence-electron chi connectivity index (χ4n) is 4.89. The van der Waals surface area contributed by atoms with E-state index >= 15 is 0 Å². The maximum absolute atomic E-state index is 12.9. The summed E-state index contributed by atoms with van der Waals surface area (Å²) in [6, 6.07) is 30.6. The van der Waals surface area contributed by atoms with E-state index in [9.17, 15) is 22.5 Å². The molecule has 0 fully saturated rings. The molecule has 0 aliphatic carbocycles. The van der Waals surface area contributed by atoms with Crippen molar-refractivity contribution in [3.63, 3.8) is 0 Å². The summed E-state index contributed by atoms with van der Waals surface area (Å²) in [5.74, 6) is -1.49. The molecule has 1 atom stereocenters. The maximum atomic E-state index is 12.9. The van der Waals surface area contributed by atoms with Gasteiger partial charge in [0.25, 0.3) is 0 Å². The van der Waals surface area contributed by atoms with Crippen LogP contribution in [0.3, 0.4) is 0 Å². The van der Waals surface area contributed by atoms with Gasteiger partial charge in [0.1, 0.15) is 0 Å². The Morgan fingerprint density at radius 1 is 0.850 bits per heavy atom. The topological polar surface area (TPSA) is 113 Å². The Labute approximate surface area is 234 Å². The van der Waals surface area contributed by atoms with E-state index in [1.807, 2.05) is 36.4 Å². The number of amides is 1. The van der Waals surface area contributed by atoms with Crippen LogP contribution in [-0.2, 0) is 23.5 Å². The monoisotopic (exact) mass is 597 g/mol. The second-order valence-corrected chi connectivity index (χ2v) is 13.2. The Morgan fingerprint density at radius 2 is 1.48 bits per heavy atom. The van der Waals surface area contributed by atoms with Crippen molar-refractivity contribution in [3.8, 4) is 16.9 Å². The number of carbonyl (C=O) groups excluding carboxylic acids is 2. The van der Waals surface area contributed by atoms with Crippen LogP contribution in [-0.4, -0.2) is 35.3 Å². The number of phenols is 1. The number of nitrogens with one attached hydrogen (secondary N) is 1. The predicted octanol–water partition coefficient (Wildman–Crippen LogP) is 5.46. The average Bonchev–Trinajstić information content (AvgIpc) is 2.91. The van der Waals surface area contributed by atoms with Gasteiger partial charge in [0, 0.05) is 0 Å². The van der Waals surface area contributed by atoms with Gasteiger partial charge >= 0.3 is 192 Å². The molecule has 0 saturated heterocycles. The molecule has 0 aromatic heterocycles. The second-order valence-electron chi connectivity index (χ2n) is 9.61. The molecule has 1 unspecified atom stereocenters. The van der Waals surface area contributed by atoms with Crippen molar-refractivity contribution in [2.75, 3.05) is 5.32 Å². The first-order valence-electron chi connectivity index (χ1n) is 12.9. The summed E-state index contributed by atoms with van der Waals surface area (Å²) in [6.45, 7) is 1.23. The number of phenolic OH excluding ortho intramolecular Hbond substituents is 1. The SMILES string of the molecule is CC(=O)Nc1cc(O)ccc1[As](=O)(O)OC(=O)CCCc1ccc(-c2c3ccccc3cc3ccccc23)cc1. The van der Waals surface area contributed by atoms with Crippen molar-refractivity contribution in [1.29, 1.82) is 0 Å². The van der Waals surface area contributed by atoms with Crippen LogP contribution in [0, 0.1) is 0 Å². The number of hydrogen-bond donors (Lipinski definition) is 3. The molecular formula is C32H28AsNO6. The zero-order valence-electron chi connectivity index (χ0n) is 21.8. The number of benzene rings is 5. The summed E-state index contributed by atoms with van der Waals surface area (Å²) in [5, 5.41) is 16.8. The van der Waals surface area contributed by atoms with Crippen molar-refractivity contribution < 1.29 is 26.3 Å². The molecule has 5 aromatic rings. The van der Waals surface area contributed by atoms with Gasteiger partial charge in [0.2, 0.25) is 0 Å². The van der Waals surface area contributed by atoms with Gasteiger partial charge in [0.05, 0.1) is 0 Å². The Kier molecular flexibility index (Phi) is 7.78. The average molecular weight is 597 g/mol. The molecule has 0 aliphatic rings. The zero-order chi connectivity index (χ0) is 28.3. The molecule has 5 aromatic carbocycles. The van der Waals surface area contributed by atoms with E-state index in [-0.39, 0.29) is 22.2 Å². The summed E-state index contributed by atoms with van der Waals surface area (Å²) >= 11 is -5.32. The van der Waals surface area contributed by atoms with Crippen LogP contribution in [0.15, 0.2) is 97.1 Å². The van der Waals surface area contributed by atoms with E-state index in [4.69, 9.17) is 3.73 Å². The van der Waals surface area contributed by atoms with Gasteiger partial charge < -0.3 is 0 Å². The van der Waals surface area contributed by atoms with Gasteiger partial charge in [-0.15, -0.1) is 0 Å². The first-order chi connectivity index (χ1) is 19.2. The van der Waals surface area contributed by atoms with Gasteiger partial charge in [0.15, 0.2) is 0 Å². The summed E-state index contributed by atoms with van der Waals surface area (Å²) < 4.78 is 28.1. The normalized spacial score (nSPS) is 12.7. The van der Waals surface area contributed by atoms with Crippen LogP contribution in [0.2, 0.25) is 0 Å². The van der Waals surface area contributed by atoms with Crippen LogP contribution in [0.4, 0.5) is 5.69 Å². The Bertz CT molecular complexity index is 1730. The third kappa shape index (κ3) is 5.96. The summed E-state index contributed by atoms with van der Waals surface area (Å²) in [6.07, 6.45) is 0.971. The molecule has 202 valence electrons. The van der Waals surface area contributed by atoms with Crippen molar-refractivity contribution in [2.24, 2.45) is 0 Å². The third-order valence-electron chi connectivity index (χ3n) is 6.68. The second kappa shape index (κ2) is 11.4. The van der Waals surface area contributed by atoms with Crippen LogP contribution in [0.1, 0.15) is 25.3 Å². The molecule has 0 spiro atoms. The molecule has 0 heterocycles. The van der Waals surface area contributed by atoms with E-state index in [2.05, 4.69) is 47.8 Å². The predicted molar refractivity (Wildman–Crippen MR) is 157 cm³/mol. The molecule has 3 N–H and O–H groups in total. The van der Waals surface area contributed by atoms with Crippen LogP contribution < -0.4 is 9.67 Å². The van der Waals surface area contributed by atoms with Gasteiger partial charge in [-0.25, -0.2) is 0 Å². The third-order valence-corrected chi connectivity index (χ3v) is 9.72. The molecule has 5 rings (SSSR count). The zero-order valence-corrected chi connectivity index (χ0v) is 23.7. The van der Waals surface area contributed by atoms with Gasteiger partial charge in [-0.3, -0.25) is 0 Å². The fraction of sp³-hybridized carbons (Fsp3) is 0.125. The number of anilines is 1. The molecule has 0 bridgehead atoms. The number of aryl methyl sites for hydroxylation is 1. The Balaban J connectivity index is 1.26. The van der Waals surface area contributed by atoms with Crippen molar-refractivity contribution in [2.45, 2.75) is 26.2 Å². The standard InChI is InChI=1S/C32H28AsNO6/c1-21(35)34-30-20-26(36)17-18-29(30)33(38,39)40-31(37)12-6-7-22-13-15-23(16-14-22)32-27-10-4-2-8-24(27)19-25-9-3-5-11-28(25)32/h2-5,8-11,13-20,36H,6-7,12H2,1H3,(H,34,35)(H,38,39). The van der Waals surface area contributed by atoms with Crippen LogP contribution >= 0.6 is 0 Å². The first-order valence-corrected chi connectivity index (χ1v) is 16.2. The molecule has 40 heavy (non-hydrogen) atoms. The minimum absolute atomic E-state index is 0.0465. The fourth-order valence-corrected chi connectivity index (χ4v) is 7.31. The van der Waals surface area contributed by atoms with Crippen molar-refractivity contribution >= 4 is 57.6 Å². The summed E-state index contributed by atoms with van der Waals surface area (Å²) in [5.41, 5.74) is 3.25. The molecule has 0 saturated carbocycles. The number of aromatic hydroxyl groups is 1. The van der Waals surface area contributed by atoms with Crippen molar-refractivity contribution in [1.82, 2.24) is 0 Å². The van der Waals surface area contributed by atoms with E-state index < -0.39 is 26.0 Å². The van der Waals surface area contributed by atoms with Gasteiger partial charge in [-0.05, 0) is 6.07 Å². The molecule has 8 heteroatoms. The molecule has 1 amide bonds. The number of hydrogen-bond acceptors (Lipinski definition) is 5. The summed E-state index contributed by atoms with van der Waals surface area (Å²) in [4.78, 5) is 23.9. The van der Waals surface area contributed by atoms with E-state index in [0.717, 1.165) is 17.2 Å². The Hall–Kier alpha value is -4.32. The van der Waals surface area contributed by atoms with Crippen LogP contribution in [0.25, 0.3) is 32.7 Å². The molecule has 0 aliphatic heterocycles. The number of fused-ring (bicyclic) bond motifs is 2. The minimum atomic E-state index is -5.32. The van der Waals surface area contributed by atoms with E-state index in [0.29, 0.717) is 12.8 Å². The van der Waals surface area contributed by atoms with Gasteiger partial charge in [-0.1, -0.05) is 36.4 Å². The number of rotatable bonds is 8. The first kappa shape index (κ1) is 27.3. The summed E-state index contributed by atoms with van der Waals surface area (Å²) in [7, 11) is 0. The van der Waals surface area contributed by atoms with E-state index in [1.54, 1.807) is 0 Å². The molecular weight excluding hydrogens is 569 g/mol. The number of carbonyl (C=O) groups is 2. The molecule has 7 nitrogen and oxygen atoms in total. The van der Waals surface area contributed by atoms with Gasteiger partial charge in [-0.2, -0.15) is 0 Å².